The fourth-order valence-electron chi connectivity index (χ4n) is 4.37. The first-order chi connectivity index (χ1) is 12.1. The molecule has 25 heavy (non-hydrogen) atoms. The number of nitrogens with zero attached hydrogens (tertiary/aromatic N) is 2. The molecule has 2 saturated heterocycles. The normalized spacial score (nSPS) is 29.7. The Labute approximate surface area is 150 Å². The Balaban J connectivity index is 1.44. The van der Waals surface area contributed by atoms with Crippen LogP contribution in [-0.4, -0.2) is 48.4 Å². The summed E-state index contributed by atoms with van der Waals surface area (Å²) in [7, 11) is -3.28. The van der Waals surface area contributed by atoms with Gasteiger partial charge in [-0.1, -0.05) is 36.8 Å². The van der Waals surface area contributed by atoms with Crippen LogP contribution in [0.15, 0.2) is 30.3 Å². The molecule has 5 nitrogen and oxygen atoms in total. The van der Waals surface area contributed by atoms with Crippen LogP contribution in [0.3, 0.4) is 0 Å². The predicted octanol–water partition coefficient (Wildman–Crippen LogP) is 2.24. The second-order valence-electron chi connectivity index (χ2n) is 7.65. The molecule has 1 aromatic carbocycles. The summed E-state index contributed by atoms with van der Waals surface area (Å²) in [6.07, 6.45) is 4.54. The van der Waals surface area contributed by atoms with E-state index in [4.69, 9.17) is 0 Å². The Morgan fingerprint density at radius 2 is 1.76 bits per heavy atom. The molecule has 3 fully saturated rings. The third-order valence-electron chi connectivity index (χ3n) is 6.13. The monoisotopic (exact) mass is 362 g/mol. The van der Waals surface area contributed by atoms with Gasteiger partial charge < -0.3 is 4.90 Å². The van der Waals surface area contributed by atoms with E-state index in [0.717, 1.165) is 31.2 Å². The number of hydrogen-bond acceptors (Lipinski definition) is 3. The fourth-order valence-corrected chi connectivity index (χ4v) is 6.59. The molecule has 2 atom stereocenters. The molecule has 1 saturated carbocycles. The Kier molecular flexibility index (Phi) is 4.58. The van der Waals surface area contributed by atoms with Crippen molar-refractivity contribution in [2.45, 2.75) is 43.9 Å². The summed E-state index contributed by atoms with van der Waals surface area (Å²) in [6.45, 7) is 2.36. The number of rotatable bonds is 3. The molecule has 3 aliphatic rings. The number of carbonyl (C=O) groups excluding carboxylic acids is 1. The molecule has 1 aromatic rings. The van der Waals surface area contributed by atoms with Crippen molar-refractivity contribution in [1.82, 2.24) is 9.21 Å². The van der Waals surface area contributed by atoms with Crippen LogP contribution in [0.2, 0.25) is 0 Å². The van der Waals surface area contributed by atoms with Crippen LogP contribution in [0.1, 0.15) is 37.7 Å². The van der Waals surface area contributed by atoms with E-state index in [1.54, 1.807) is 4.31 Å². The van der Waals surface area contributed by atoms with Gasteiger partial charge in [-0.15, -0.1) is 0 Å². The van der Waals surface area contributed by atoms with E-state index in [2.05, 4.69) is 0 Å². The number of likely N-dealkylation sites (tertiary alicyclic amines) is 1. The molecule has 4 rings (SSSR count). The van der Waals surface area contributed by atoms with Crippen molar-refractivity contribution in [1.29, 1.82) is 0 Å². The molecule has 0 radical (unpaired) electrons. The van der Waals surface area contributed by atoms with Gasteiger partial charge in [0.05, 0.1) is 5.25 Å². The van der Waals surface area contributed by atoms with Gasteiger partial charge in [0.15, 0.2) is 0 Å². The molecule has 0 spiro atoms. The lowest BCUT2D eigenvalue weighted by Crippen LogP contribution is -2.40. The molecule has 2 aliphatic heterocycles. The van der Waals surface area contributed by atoms with Crippen LogP contribution in [0, 0.1) is 11.8 Å². The number of fused-ring (bicyclic) bond motifs is 1. The highest BCUT2D eigenvalue weighted by molar-refractivity contribution is 7.90. The summed E-state index contributed by atoms with van der Waals surface area (Å²) in [5, 5.41) is -0.324. The Hall–Kier alpha value is -1.40. The molecule has 0 bridgehead atoms. The molecule has 136 valence electrons. The van der Waals surface area contributed by atoms with Crippen LogP contribution in [0.5, 0.6) is 0 Å². The average molecular weight is 362 g/mol. The van der Waals surface area contributed by atoms with E-state index in [9.17, 15) is 13.2 Å². The highest BCUT2D eigenvalue weighted by Gasteiger charge is 2.47. The molecule has 2 heterocycles. The smallest absolute Gasteiger partial charge is 0.225 e. The molecule has 0 aromatic heterocycles. The second-order valence-corrected chi connectivity index (χ2v) is 9.80. The summed E-state index contributed by atoms with van der Waals surface area (Å²) in [5.74, 6) is 0.599. The van der Waals surface area contributed by atoms with Crippen LogP contribution >= 0.6 is 0 Å². The van der Waals surface area contributed by atoms with Gasteiger partial charge in [0.1, 0.15) is 0 Å². The number of sulfonamides is 1. The summed E-state index contributed by atoms with van der Waals surface area (Å²) < 4.78 is 27.6. The predicted molar refractivity (Wildman–Crippen MR) is 96.2 cm³/mol. The highest BCUT2D eigenvalue weighted by Crippen LogP contribution is 2.36. The van der Waals surface area contributed by atoms with Crippen LogP contribution in [0.25, 0.3) is 0 Å². The summed E-state index contributed by atoms with van der Waals surface area (Å²) in [5.41, 5.74) is 1.03. The first-order valence-corrected chi connectivity index (χ1v) is 10.9. The lowest BCUT2D eigenvalue weighted by atomic mass is 9.84. The zero-order valence-corrected chi connectivity index (χ0v) is 15.3. The molecule has 1 amide bonds. The van der Waals surface area contributed by atoms with Gasteiger partial charge in [-0.3, -0.25) is 4.79 Å². The third kappa shape index (κ3) is 3.22. The van der Waals surface area contributed by atoms with Crippen LogP contribution in [0.4, 0.5) is 0 Å². The number of amides is 1. The fraction of sp³-hybridized carbons (Fsp3) is 0.632. The maximum atomic E-state index is 13.0. The molecular formula is C19H26N2O3S. The SMILES string of the molecule is O=C(C1CCC1)N1CC[C@H]2CN(Cc3ccccc3)S(=O)(=O)[C@@H]2CC1. The van der Waals surface area contributed by atoms with Crippen molar-refractivity contribution in [3.63, 3.8) is 0 Å². The van der Waals surface area contributed by atoms with Crippen molar-refractivity contribution >= 4 is 15.9 Å². The summed E-state index contributed by atoms with van der Waals surface area (Å²) >= 11 is 0. The van der Waals surface area contributed by atoms with E-state index in [1.807, 2.05) is 35.2 Å². The Morgan fingerprint density at radius 1 is 1.04 bits per heavy atom. The van der Waals surface area contributed by atoms with Crippen molar-refractivity contribution < 1.29 is 13.2 Å². The van der Waals surface area contributed by atoms with Gasteiger partial charge in [0.2, 0.25) is 15.9 Å². The van der Waals surface area contributed by atoms with Crippen molar-refractivity contribution in [3.8, 4) is 0 Å². The second kappa shape index (κ2) is 6.72. The quantitative estimate of drug-likeness (QED) is 0.829. The first-order valence-electron chi connectivity index (χ1n) is 9.37. The van der Waals surface area contributed by atoms with E-state index < -0.39 is 10.0 Å². The minimum Gasteiger partial charge on any atom is -0.342 e. The molecular weight excluding hydrogens is 336 g/mol. The van der Waals surface area contributed by atoms with Gasteiger partial charge in [0.25, 0.3) is 0 Å². The largest absolute Gasteiger partial charge is 0.342 e. The molecule has 0 N–H and O–H groups in total. The topological polar surface area (TPSA) is 57.7 Å². The van der Waals surface area contributed by atoms with Gasteiger partial charge in [-0.25, -0.2) is 8.42 Å². The summed E-state index contributed by atoms with van der Waals surface area (Å²) in [6, 6.07) is 9.78. The molecule has 6 heteroatoms. The number of hydrogen-bond donors (Lipinski definition) is 0. The van der Waals surface area contributed by atoms with E-state index >= 15 is 0 Å². The average Bonchev–Trinajstić information content (AvgIpc) is 2.70. The van der Waals surface area contributed by atoms with Crippen molar-refractivity contribution in [2.75, 3.05) is 19.6 Å². The first kappa shape index (κ1) is 17.0. The molecule has 1 aliphatic carbocycles. The maximum absolute atomic E-state index is 13.0. The number of carbonyl (C=O) groups is 1. The lowest BCUT2D eigenvalue weighted by molar-refractivity contribution is -0.138. The van der Waals surface area contributed by atoms with E-state index in [0.29, 0.717) is 32.6 Å². The Bertz CT molecular complexity index is 730. The minimum atomic E-state index is -3.28. The van der Waals surface area contributed by atoms with E-state index in [1.165, 1.54) is 0 Å². The third-order valence-corrected chi connectivity index (χ3v) is 8.51. The highest BCUT2D eigenvalue weighted by atomic mass is 32.2. The lowest BCUT2D eigenvalue weighted by Gasteiger charge is -2.31. The Morgan fingerprint density at radius 3 is 2.44 bits per heavy atom. The standard InChI is InChI=1S/C19H26N2O3S/c22-19(16-7-4-8-16)20-11-9-17-14-21(13-15-5-2-1-3-6-15)25(23,24)18(17)10-12-20/h1-3,5-6,16-18H,4,7-14H2/t17-,18+/m0/s1. The maximum Gasteiger partial charge on any atom is 0.225 e. The van der Waals surface area contributed by atoms with Crippen LogP contribution < -0.4 is 0 Å². The zero-order chi connectivity index (χ0) is 17.4. The van der Waals surface area contributed by atoms with E-state index in [-0.39, 0.29) is 23.0 Å². The van der Waals surface area contributed by atoms with Gasteiger partial charge >= 0.3 is 0 Å². The van der Waals surface area contributed by atoms with Crippen molar-refractivity contribution in [2.24, 2.45) is 11.8 Å². The van der Waals surface area contributed by atoms with Gasteiger partial charge in [-0.2, -0.15) is 4.31 Å². The molecule has 0 unspecified atom stereocenters. The zero-order valence-electron chi connectivity index (χ0n) is 14.5. The minimum absolute atomic E-state index is 0.146. The van der Waals surface area contributed by atoms with Gasteiger partial charge in [0, 0.05) is 32.1 Å². The van der Waals surface area contributed by atoms with Crippen LogP contribution in [-0.2, 0) is 21.4 Å². The van der Waals surface area contributed by atoms with Crippen molar-refractivity contribution in [3.05, 3.63) is 35.9 Å². The summed E-state index contributed by atoms with van der Waals surface area (Å²) in [4.78, 5) is 14.4. The number of benzene rings is 1. The van der Waals surface area contributed by atoms with Gasteiger partial charge in [-0.05, 0) is 37.2 Å².